The Kier molecular flexibility index (Phi) is 4.72. The Morgan fingerprint density at radius 2 is 1.94 bits per heavy atom. The predicted molar refractivity (Wildman–Crippen MR) is 65.1 cm³/mol. The van der Waals surface area contributed by atoms with E-state index in [0.29, 0.717) is 10.7 Å². The summed E-state index contributed by atoms with van der Waals surface area (Å²) in [6.45, 7) is 1.31. The van der Waals surface area contributed by atoms with E-state index in [1.165, 1.54) is 25.1 Å². The molecule has 1 atom stereocenters. The molecule has 0 aliphatic carbocycles. The predicted octanol–water partition coefficient (Wildman–Crippen LogP) is 2.77. The van der Waals surface area contributed by atoms with E-state index < -0.39 is 11.5 Å². The van der Waals surface area contributed by atoms with Gasteiger partial charge in [0.25, 0.3) is 11.5 Å². The van der Waals surface area contributed by atoms with E-state index in [-0.39, 0.29) is 11.6 Å². The number of hydrogen-bond donors (Lipinski definition) is 2. The zero-order valence-corrected chi connectivity index (χ0v) is 10.3. The van der Waals surface area contributed by atoms with Crippen LogP contribution in [0.3, 0.4) is 0 Å². The second kappa shape index (κ2) is 5.84. The van der Waals surface area contributed by atoms with Crippen molar-refractivity contribution in [2.45, 2.75) is 12.6 Å². The smallest absolute Gasteiger partial charge is 0.274 e. The molecule has 2 amide bonds. The topological polar surface area (TPSA) is 58.2 Å². The van der Waals surface area contributed by atoms with Crippen molar-refractivity contribution in [3.8, 4) is 0 Å². The fourth-order valence-corrected chi connectivity index (χ4v) is 1.33. The Labute approximate surface area is 107 Å². The summed E-state index contributed by atoms with van der Waals surface area (Å²) < 4.78 is 12.5. The standard InChI is InChI=1S/C10H9Cl2FN2O2/c1-5(16)14-7-3-2-6(11)4-8(7)15-10(17)9(12)13/h2-4,9H,1H3,(H,14,16)(H,15,17). The molecule has 4 nitrogen and oxygen atoms in total. The number of nitrogens with one attached hydrogen (secondary N) is 2. The summed E-state index contributed by atoms with van der Waals surface area (Å²) in [6, 6.07) is 4.39. The lowest BCUT2D eigenvalue weighted by Gasteiger charge is -2.11. The quantitative estimate of drug-likeness (QED) is 0.836. The number of carbonyl (C=O) groups is 2. The van der Waals surface area contributed by atoms with Gasteiger partial charge in [-0.05, 0) is 18.2 Å². The number of amides is 2. The van der Waals surface area contributed by atoms with Crippen LogP contribution in [0, 0.1) is 0 Å². The molecule has 2 N–H and O–H groups in total. The van der Waals surface area contributed by atoms with Crippen molar-refractivity contribution in [3.05, 3.63) is 23.2 Å². The molecule has 0 saturated carbocycles. The number of hydrogen-bond acceptors (Lipinski definition) is 2. The molecule has 0 aliphatic heterocycles. The third-order valence-corrected chi connectivity index (χ3v) is 2.18. The van der Waals surface area contributed by atoms with E-state index in [1.54, 1.807) is 0 Å². The molecule has 0 bridgehead atoms. The summed E-state index contributed by atoms with van der Waals surface area (Å²) in [5.41, 5.74) is -1.67. The monoisotopic (exact) mass is 278 g/mol. The summed E-state index contributed by atoms with van der Waals surface area (Å²) >= 11 is 10.7. The van der Waals surface area contributed by atoms with E-state index in [2.05, 4.69) is 10.6 Å². The zero-order chi connectivity index (χ0) is 13.0. The lowest BCUT2D eigenvalue weighted by molar-refractivity contribution is -0.118. The molecular formula is C10H9Cl2FN2O2. The normalized spacial score (nSPS) is 11.8. The van der Waals surface area contributed by atoms with Gasteiger partial charge in [0.05, 0.1) is 11.4 Å². The summed E-state index contributed by atoms with van der Waals surface area (Å²) in [6.07, 6.45) is 0. The van der Waals surface area contributed by atoms with Crippen LogP contribution in [0.1, 0.15) is 6.92 Å². The average molecular weight is 279 g/mol. The maximum absolute atomic E-state index is 12.5. The van der Waals surface area contributed by atoms with Crippen molar-refractivity contribution in [1.29, 1.82) is 0 Å². The molecule has 0 saturated heterocycles. The molecule has 0 aliphatic rings. The van der Waals surface area contributed by atoms with E-state index in [9.17, 15) is 14.0 Å². The third kappa shape index (κ3) is 4.20. The summed E-state index contributed by atoms with van der Waals surface area (Å²) in [5.74, 6) is -1.36. The number of alkyl halides is 2. The first kappa shape index (κ1) is 13.7. The second-order valence-corrected chi connectivity index (χ2v) is 3.98. The molecule has 0 fully saturated rings. The van der Waals surface area contributed by atoms with Crippen molar-refractivity contribution >= 4 is 46.4 Å². The third-order valence-electron chi connectivity index (χ3n) is 1.75. The van der Waals surface area contributed by atoms with E-state index in [1.807, 2.05) is 0 Å². The first-order valence-electron chi connectivity index (χ1n) is 4.56. The Balaban J connectivity index is 2.98. The minimum absolute atomic E-state index is 0.181. The molecular weight excluding hydrogens is 270 g/mol. The van der Waals surface area contributed by atoms with Crippen LogP contribution >= 0.6 is 23.2 Å². The van der Waals surface area contributed by atoms with Gasteiger partial charge in [0.2, 0.25) is 5.91 Å². The largest absolute Gasteiger partial charge is 0.325 e. The van der Waals surface area contributed by atoms with Gasteiger partial charge in [-0.3, -0.25) is 9.59 Å². The Hall–Kier alpha value is -1.33. The van der Waals surface area contributed by atoms with Gasteiger partial charge in [-0.15, -0.1) is 0 Å². The van der Waals surface area contributed by atoms with Crippen LogP contribution in [0.15, 0.2) is 18.2 Å². The fraction of sp³-hybridized carbons (Fsp3) is 0.200. The Morgan fingerprint density at radius 1 is 1.29 bits per heavy atom. The lowest BCUT2D eigenvalue weighted by Crippen LogP contribution is -2.20. The van der Waals surface area contributed by atoms with Gasteiger partial charge in [0, 0.05) is 11.9 Å². The molecule has 1 aromatic carbocycles. The Morgan fingerprint density at radius 3 is 2.47 bits per heavy atom. The molecule has 0 spiro atoms. The lowest BCUT2D eigenvalue weighted by atomic mass is 10.2. The highest BCUT2D eigenvalue weighted by molar-refractivity contribution is 6.32. The number of anilines is 2. The number of carbonyl (C=O) groups excluding carboxylic acids is 2. The summed E-state index contributed by atoms with van der Waals surface area (Å²) in [5, 5.41) is 5.01. The van der Waals surface area contributed by atoms with E-state index in [4.69, 9.17) is 23.2 Å². The van der Waals surface area contributed by atoms with Crippen molar-refractivity contribution in [2.75, 3.05) is 10.6 Å². The van der Waals surface area contributed by atoms with Gasteiger partial charge in [0.15, 0.2) is 0 Å². The van der Waals surface area contributed by atoms with Crippen LogP contribution in [0.25, 0.3) is 0 Å². The maximum atomic E-state index is 12.5. The van der Waals surface area contributed by atoms with Crippen LogP contribution in [0.4, 0.5) is 15.8 Å². The average Bonchev–Trinajstić information content (AvgIpc) is 2.21. The highest BCUT2D eigenvalue weighted by atomic mass is 35.5. The van der Waals surface area contributed by atoms with Gasteiger partial charge in [-0.2, -0.15) is 0 Å². The highest BCUT2D eigenvalue weighted by Gasteiger charge is 2.15. The molecule has 1 rings (SSSR count). The van der Waals surface area contributed by atoms with Crippen LogP contribution in [0.2, 0.25) is 5.02 Å². The van der Waals surface area contributed by atoms with Crippen LogP contribution in [-0.4, -0.2) is 17.4 Å². The minimum Gasteiger partial charge on any atom is -0.325 e. The first-order valence-corrected chi connectivity index (χ1v) is 5.37. The molecule has 1 unspecified atom stereocenters. The number of benzene rings is 1. The van der Waals surface area contributed by atoms with Crippen LogP contribution < -0.4 is 10.6 Å². The number of rotatable bonds is 3. The van der Waals surface area contributed by atoms with Crippen LogP contribution in [0.5, 0.6) is 0 Å². The van der Waals surface area contributed by atoms with Crippen molar-refractivity contribution in [2.24, 2.45) is 0 Å². The van der Waals surface area contributed by atoms with Crippen molar-refractivity contribution in [3.63, 3.8) is 0 Å². The van der Waals surface area contributed by atoms with Gasteiger partial charge < -0.3 is 10.6 Å². The van der Waals surface area contributed by atoms with Gasteiger partial charge >= 0.3 is 0 Å². The molecule has 0 radical (unpaired) electrons. The van der Waals surface area contributed by atoms with Crippen molar-refractivity contribution in [1.82, 2.24) is 0 Å². The van der Waals surface area contributed by atoms with Crippen LogP contribution in [-0.2, 0) is 9.59 Å². The Bertz CT molecular complexity index is 452. The molecule has 7 heteroatoms. The maximum Gasteiger partial charge on any atom is 0.274 e. The van der Waals surface area contributed by atoms with Gasteiger partial charge in [-0.25, -0.2) is 4.39 Å². The summed E-state index contributed by atoms with van der Waals surface area (Å²) in [4.78, 5) is 22.0. The zero-order valence-electron chi connectivity index (χ0n) is 8.76. The highest BCUT2D eigenvalue weighted by Crippen LogP contribution is 2.26. The van der Waals surface area contributed by atoms with E-state index in [0.717, 1.165) is 0 Å². The summed E-state index contributed by atoms with van der Waals surface area (Å²) in [7, 11) is 0. The van der Waals surface area contributed by atoms with E-state index >= 15 is 0 Å². The van der Waals surface area contributed by atoms with Gasteiger partial charge in [-0.1, -0.05) is 23.2 Å². The minimum atomic E-state index is -2.17. The first-order chi connectivity index (χ1) is 7.90. The van der Waals surface area contributed by atoms with Gasteiger partial charge in [0.1, 0.15) is 0 Å². The molecule has 17 heavy (non-hydrogen) atoms. The molecule has 0 heterocycles. The fourth-order valence-electron chi connectivity index (χ4n) is 1.11. The molecule has 1 aromatic rings. The van der Waals surface area contributed by atoms with Crippen molar-refractivity contribution < 1.29 is 14.0 Å². The SMILES string of the molecule is CC(=O)Nc1ccc(Cl)cc1NC(=O)C(F)Cl. The number of halogens is 3. The second-order valence-electron chi connectivity index (χ2n) is 3.16. The molecule has 0 aromatic heterocycles. The molecule has 92 valence electrons.